The summed E-state index contributed by atoms with van der Waals surface area (Å²) in [6.45, 7) is 1.67. The number of aliphatic hydroxyl groups excluding tert-OH is 1. The zero-order chi connectivity index (χ0) is 20.4. The van der Waals surface area contributed by atoms with Crippen molar-refractivity contribution in [2.45, 2.75) is 13.0 Å². The minimum Gasteiger partial charge on any atom is -0.489 e. The van der Waals surface area contributed by atoms with Gasteiger partial charge in [-0.3, -0.25) is 9.59 Å². The van der Waals surface area contributed by atoms with Crippen LogP contribution in [0.4, 0.5) is 23.1 Å². The summed E-state index contributed by atoms with van der Waals surface area (Å²) in [6.07, 6.45) is 1.57. The predicted octanol–water partition coefficient (Wildman–Crippen LogP) is 0.491. The number of anilines is 4. The Labute approximate surface area is 161 Å². The average Bonchev–Trinajstić information content (AvgIpc) is 2.69. The van der Waals surface area contributed by atoms with E-state index >= 15 is 0 Å². The number of rotatable bonds is 6. The molecule has 2 aromatic rings. The molecule has 1 aliphatic rings. The van der Waals surface area contributed by atoms with Gasteiger partial charge in [0.1, 0.15) is 24.1 Å². The summed E-state index contributed by atoms with van der Waals surface area (Å²) < 4.78 is 5.49. The normalized spacial score (nSPS) is 16.0. The Morgan fingerprint density at radius 1 is 1.39 bits per heavy atom. The smallest absolute Gasteiger partial charge is 0.249 e. The fourth-order valence-electron chi connectivity index (χ4n) is 2.85. The van der Waals surface area contributed by atoms with E-state index in [1.54, 1.807) is 44.2 Å². The Morgan fingerprint density at radius 3 is 2.82 bits per heavy atom. The summed E-state index contributed by atoms with van der Waals surface area (Å²) in [4.78, 5) is 35.8. The zero-order valence-electron chi connectivity index (χ0n) is 15.8. The van der Waals surface area contributed by atoms with Gasteiger partial charge in [-0.25, -0.2) is 4.98 Å². The number of ether oxygens (including phenoxy) is 1. The van der Waals surface area contributed by atoms with Gasteiger partial charge < -0.3 is 30.7 Å². The Kier molecular flexibility index (Phi) is 5.32. The molecule has 0 spiro atoms. The van der Waals surface area contributed by atoms with Gasteiger partial charge in [-0.2, -0.15) is 4.98 Å². The van der Waals surface area contributed by atoms with Gasteiger partial charge in [0, 0.05) is 19.7 Å². The first kappa shape index (κ1) is 19.4. The molecule has 0 bridgehead atoms. The first-order valence-corrected chi connectivity index (χ1v) is 8.65. The van der Waals surface area contributed by atoms with Gasteiger partial charge in [0.25, 0.3) is 0 Å². The number of fused-ring (bicyclic) bond motifs is 1. The van der Waals surface area contributed by atoms with Crippen molar-refractivity contribution in [3.63, 3.8) is 0 Å². The van der Waals surface area contributed by atoms with E-state index in [-0.39, 0.29) is 30.7 Å². The highest BCUT2D eigenvalue weighted by atomic mass is 16.5. The van der Waals surface area contributed by atoms with E-state index in [9.17, 15) is 9.59 Å². The van der Waals surface area contributed by atoms with Gasteiger partial charge in [0.05, 0.1) is 18.5 Å². The Hall–Kier alpha value is -3.40. The third kappa shape index (κ3) is 3.54. The summed E-state index contributed by atoms with van der Waals surface area (Å²) in [5.74, 6) is 0.607. The molecule has 1 aromatic heterocycles. The van der Waals surface area contributed by atoms with Crippen LogP contribution in [0.15, 0.2) is 24.4 Å². The lowest BCUT2D eigenvalue weighted by atomic mass is 10.1. The number of benzene rings is 1. The molecule has 148 valence electrons. The van der Waals surface area contributed by atoms with Crippen molar-refractivity contribution in [3.8, 4) is 5.75 Å². The molecule has 0 fully saturated rings. The largest absolute Gasteiger partial charge is 0.489 e. The first-order chi connectivity index (χ1) is 13.3. The number of aliphatic hydroxyl groups is 1. The van der Waals surface area contributed by atoms with Crippen LogP contribution in [0.25, 0.3) is 0 Å². The van der Waals surface area contributed by atoms with Gasteiger partial charge in [0.15, 0.2) is 5.82 Å². The molecule has 0 unspecified atom stereocenters. The number of primary amides is 1. The van der Waals surface area contributed by atoms with Gasteiger partial charge in [-0.05, 0) is 25.1 Å². The van der Waals surface area contributed by atoms with E-state index in [4.69, 9.17) is 15.6 Å². The van der Waals surface area contributed by atoms with Gasteiger partial charge in [-0.1, -0.05) is 0 Å². The second-order valence-corrected chi connectivity index (χ2v) is 6.36. The fraction of sp³-hybridized carbons (Fsp3) is 0.333. The molecule has 1 aromatic carbocycles. The molecule has 28 heavy (non-hydrogen) atoms. The second kappa shape index (κ2) is 7.69. The van der Waals surface area contributed by atoms with Gasteiger partial charge in [0.2, 0.25) is 17.8 Å². The van der Waals surface area contributed by atoms with E-state index in [0.717, 1.165) is 0 Å². The Bertz CT molecular complexity index is 919. The maximum Gasteiger partial charge on any atom is 0.249 e. The van der Waals surface area contributed by atoms with Crippen LogP contribution in [-0.4, -0.2) is 60.2 Å². The Balaban J connectivity index is 1.94. The van der Waals surface area contributed by atoms with E-state index in [1.165, 1.54) is 11.0 Å². The maximum atomic E-state index is 12.2. The van der Waals surface area contributed by atoms with Crippen LogP contribution < -0.4 is 25.6 Å². The summed E-state index contributed by atoms with van der Waals surface area (Å²) >= 11 is 0. The van der Waals surface area contributed by atoms with Crippen molar-refractivity contribution in [2.24, 2.45) is 5.73 Å². The van der Waals surface area contributed by atoms with Crippen LogP contribution in [0.2, 0.25) is 0 Å². The molecule has 4 N–H and O–H groups in total. The summed E-state index contributed by atoms with van der Waals surface area (Å²) in [6, 6.07) is 4.31. The Morgan fingerprint density at radius 2 is 2.14 bits per heavy atom. The van der Waals surface area contributed by atoms with Crippen molar-refractivity contribution in [1.29, 1.82) is 0 Å². The molecular weight excluding hydrogens is 364 g/mol. The maximum absolute atomic E-state index is 12.2. The third-order valence-electron chi connectivity index (χ3n) is 4.58. The van der Waals surface area contributed by atoms with Crippen LogP contribution in [0.3, 0.4) is 0 Å². The molecule has 0 saturated heterocycles. The number of nitrogens with zero attached hydrogens (tertiary/aromatic N) is 4. The summed E-state index contributed by atoms with van der Waals surface area (Å²) in [5.41, 5.74) is 6.71. The van der Waals surface area contributed by atoms with Crippen molar-refractivity contribution in [1.82, 2.24) is 9.97 Å². The van der Waals surface area contributed by atoms with E-state index < -0.39 is 5.91 Å². The highest BCUT2D eigenvalue weighted by Gasteiger charge is 2.33. The van der Waals surface area contributed by atoms with Crippen molar-refractivity contribution in [2.75, 3.05) is 42.4 Å². The van der Waals surface area contributed by atoms with Crippen LogP contribution in [0, 0.1) is 0 Å². The monoisotopic (exact) mass is 386 g/mol. The van der Waals surface area contributed by atoms with Crippen LogP contribution in [-0.2, 0) is 4.79 Å². The van der Waals surface area contributed by atoms with E-state index in [1.807, 2.05) is 0 Å². The molecule has 3 rings (SSSR count). The quantitative estimate of drug-likeness (QED) is 0.653. The number of likely N-dealkylation sites (N-methyl/N-ethyl adjacent to an activating group) is 2. The summed E-state index contributed by atoms with van der Waals surface area (Å²) in [5, 5.41) is 12.1. The van der Waals surface area contributed by atoms with Crippen LogP contribution in [0.5, 0.6) is 5.75 Å². The lowest BCUT2D eigenvalue weighted by Gasteiger charge is -2.36. The molecule has 10 nitrogen and oxygen atoms in total. The lowest BCUT2D eigenvalue weighted by molar-refractivity contribution is -0.119. The number of hydrogen-bond acceptors (Lipinski definition) is 8. The number of carbonyl (C=O) groups excluding carboxylic acids is 2. The van der Waals surface area contributed by atoms with Crippen molar-refractivity contribution < 1.29 is 19.4 Å². The van der Waals surface area contributed by atoms with Crippen LogP contribution in [0.1, 0.15) is 17.3 Å². The summed E-state index contributed by atoms with van der Waals surface area (Å²) in [7, 11) is 3.48. The standard InChI is InChI=1S/C18H22N6O4/c1-10-17(27)24(3)13-9-20-18(22-16(13)23(10)2)21-12-5-4-11(15(19)26)8-14(12)28-7-6-25/h4-5,8-10,25H,6-7H2,1-3H3,(H2,19,26)(H,20,21,22)/t10-/m1/s1. The molecule has 1 aliphatic heterocycles. The van der Waals surface area contributed by atoms with Crippen LogP contribution >= 0.6 is 0 Å². The number of nitrogens with two attached hydrogens (primary N) is 1. The molecule has 0 saturated carbocycles. The van der Waals surface area contributed by atoms with Gasteiger partial charge in [-0.15, -0.1) is 0 Å². The minimum absolute atomic E-state index is 0.0407. The topological polar surface area (TPSA) is 134 Å². The number of aromatic nitrogens is 2. The first-order valence-electron chi connectivity index (χ1n) is 8.65. The molecule has 0 aliphatic carbocycles. The number of hydrogen-bond donors (Lipinski definition) is 3. The lowest BCUT2D eigenvalue weighted by Crippen LogP contribution is -2.49. The average molecular weight is 386 g/mol. The molecular formula is C18H22N6O4. The SMILES string of the molecule is C[C@@H]1C(=O)N(C)c2cnc(Nc3ccc(C(N)=O)cc3OCCO)nc2N1C. The molecule has 2 heterocycles. The van der Waals surface area contributed by atoms with E-state index in [2.05, 4.69) is 15.3 Å². The van der Waals surface area contributed by atoms with Gasteiger partial charge >= 0.3 is 0 Å². The number of amides is 2. The number of nitrogens with one attached hydrogen (secondary N) is 1. The second-order valence-electron chi connectivity index (χ2n) is 6.36. The molecule has 0 radical (unpaired) electrons. The molecule has 2 amide bonds. The predicted molar refractivity (Wildman–Crippen MR) is 104 cm³/mol. The minimum atomic E-state index is -0.589. The van der Waals surface area contributed by atoms with E-state index in [0.29, 0.717) is 28.9 Å². The number of carbonyl (C=O) groups is 2. The third-order valence-corrected chi connectivity index (χ3v) is 4.58. The highest BCUT2D eigenvalue weighted by molar-refractivity contribution is 6.04. The zero-order valence-corrected chi connectivity index (χ0v) is 15.8. The van der Waals surface area contributed by atoms with Crippen molar-refractivity contribution >= 4 is 35.0 Å². The fourth-order valence-corrected chi connectivity index (χ4v) is 2.85. The molecule has 10 heteroatoms. The highest BCUT2D eigenvalue weighted by Crippen LogP contribution is 2.34. The molecule has 1 atom stereocenters. The van der Waals surface area contributed by atoms with Crippen molar-refractivity contribution in [3.05, 3.63) is 30.0 Å².